The third-order valence-corrected chi connectivity index (χ3v) is 6.31. The average molecular weight is 280 g/mol. The lowest BCUT2D eigenvalue weighted by molar-refractivity contribution is 0.0126. The molecule has 0 saturated heterocycles. The number of nitrogens with zero attached hydrogens (tertiary/aromatic N) is 1. The molecular formula is C18H36N2. The van der Waals surface area contributed by atoms with Gasteiger partial charge in [0.1, 0.15) is 0 Å². The monoisotopic (exact) mass is 280 g/mol. The zero-order valence-electron chi connectivity index (χ0n) is 14.3. The lowest BCUT2D eigenvalue weighted by atomic mass is 9.57. The van der Waals surface area contributed by atoms with E-state index in [0.29, 0.717) is 0 Å². The molecule has 2 aliphatic rings. The van der Waals surface area contributed by atoms with Crippen LogP contribution < -0.4 is 5.32 Å². The number of rotatable bonds is 7. The fraction of sp³-hybridized carbons (Fsp3) is 1.00. The lowest BCUT2D eigenvalue weighted by Crippen LogP contribution is -2.51. The van der Waals surface area contributed by atoms with E-state index >= 15 is 0 Å². The van der Waals surface area contributed by atoms with Crippen molar-refractivity contribution in [3.05, 3.63) is 0 Å². The minimum Gasteiger partial charge on any atom is -0.317 e. The highest BCUT2D eigenvalue weighted by Crippen LogP contribution is 2.52. The van der Waals surface area contributed by atoms with E-state index in [-0.39, 0.29) is 0 Å². The van der Waals surface area contributed by atoms with Gasteiger partial charge >= 0.3 is 0 Å². The van der Waals surface area contributed by atoms with E-state index in [1.54, 1.807) is 0 Å². The van der Waals surface area contributed by atoms with Crippen molar-refractivity contribution in [2.24, 2.45) is 11.3 Å². The Balaban J connectivity index is 1.63. The van der Waals surface area contributed by atoms with E-state index in [9.17, 15) is 0 Å². The van der Waals surface area contributed by atoms with Crippen LogP contribution in [0.2, 0.25) is 0 Å². The fourth-order valence-electron chi connectivity index (χ4n) is 4.33. The molecular weight excluding hydrogens is 244 g/mol. The topological polar surface area (TPSA) is 15.3 Å². The second kappa shape index (κ2) is 7.26. The highest BCUT2D eigenvalue weighted by atomic mass is 15.1. The Kier molecular flexibility index (Phi) is 5.92. The number of hydrogen-bond acceptors (Lipinski definition) is 2. The lowest BCUT2D eigenvalue weighted by Gasteiger charge is -2.52. The molecule has 0 radical (unpaired) electrons. The third-order valence-electron chi connectivity index (χ3n) is 6.31. The van der Waals surface area contributed by atoms with Gasteiger partial charge in [0, 0.05) is 12.1 Å². The van der Waals surface area contributed by atoms with Crippen LogP contribution >= 0.6 is 0 Å². The predicted molar refractivity (Wildman–Crippen MR) is 88.1 cm³/mol. The van der Waals surface area contributed by atoms with Gasteiger partial charge in [0.25, 0.3) is 0 Å². The Morgan fingerprint density at radius 3 is 2.45 bits per heavy atom. The molecule has 2 fully saturated rings. The zero-order valence-corrected chi connectivity index (χ0v) is 14.3. The molecule has 0 bridgehead atoms. The molecule has 1 unspecified atom stereocenters. The van der Waals surface area contributed by atoms with Crippen molar-refractivity contribution in [3.8, 4) is 0 Å². The first-order chi connectivity index (χ1) is 9.58. The molecule has 0 aliphatic heterocycles. The highest BCUT2D eigenvalue weighted by molar-refractivity contribution is 5.00. The number of hydrogen-bond donors (Lipinski definition) is 1. The van der Waals surface area contributed by atoms with Crippen molar-refractivity contribution >= 4 is 0 Å². The molecule has 2 saturated carbocycles. The quantitative estimate of drug-likeness (QED) is 0.756. The van der Waals surface area contributed by atoms with Crippen LogP contribution in [0.3, 0.4) is 0 Å². The van der Waals surface area contributed by atoms with Crippen molar-refractivity contribution in [2.45, 2.75) is 83.7 Å². The first kappa shape index (κ1) is 16.3. The molecule has 0 heterocycles. The van der Waals surface area contributed by atoms with Gasteiger partial charge in [-0.25, -0.2) is 0 Å². The van der Waals surface area contributed by atoms with Crippen molar-refractivity contribution in [2.75, 3.05) is 20.6 Å². The second-order valence-electron chi connectivity index (χ2n) is 7.76. The Hall–Kier alpha value is -0.0800. The van der Waals surface area contributed by atoms with Gasteiger partial charge in [-0.05, 0) is 83.3 Å². The van der Waals surface area contributed by atoms with Crippen LogP contribution in [0.25, 0.3) is 0 Å². The zero-order chi connectivity index (χ0) is 14.6. The standard InChI is InChI=1S/C18H36N2/c1-5-15(2)7-6-12-20(4)17-8-10-18(11-9-17)13-16(14-18)19-3/h15-17,19H,5-14H2,1-4H3. The maximum Gasteiger partial charge on any atom is 0.00926 e. The van der Waals surface area contributed by atoms with Crippen LogP contribution in [0, 0.1) is 11.3 Å². The molecule has 2 aliphatic carbocycles. The van der Waals surface area contributed by atoms with Crippen LogP contribution in [0.5, 0.6) is 0 Å². The van der Waals surface area contributed by atoms with E-state index in [1.807, 2.05) is 0 Å². The van der Waals surface area contributed by atoms with Gasteiger partial charge in [0.2, 0.25) is 0 Å². The van der Waals surface area contributed by atoms with Gasteiger partial charge in [-0.3, -0.25) is 0 Å². The van der Waals surface area contributed by atoms with Crippen LogP contribution in [-0.4, -0.2) is 37.6 Å². The molecule has 0 aromatic heterocycles. The normalized spacial score (nSPS) is 35.2. The van der Waals surface area contributed by atoms with E-state index in [2.05, 4.69) is 38.2 Å². The van der Waals surface area contributed by atoms with Gasteiger partial charge in [-0.15, -0.1) is 0 Å². The van der Waals surface area contributed by atoms with Crippen molar-refractivity contribution in [1.82, 2.24) is 10.2 Å². The Morgan fingerprint density at radius 2 is 1.90 bits per heavy atom. The molecule has 0 aromatic rings. The summed E-state index contributed by atoms with van der Waals surface area (Å²) in [5.41, 5.74) is 0.738. The Morgan fingerprint density at radius 1 is 1.25 bits per heavy atom. The molecule has 118 valence electrons. The predicted octanol–water partition coefficient (Wildman–Crippen LogP) is 4.06. The largest absolute Gasteiger partial charge is 0.317 e. The molecule has 2 heteroatoms. The Labute approximate surface area is 126 Å². The van der Waals surface area contributed by atoms with Crippen LogP contribution in [0.4, 0.5) is 0 Å². The summed E-state index contributed by atoms with van der Waals surface area (Å²) in [4.78, 5) is 2.66. The van der Waals surface area contributed by atoms with Gasteiger partial charge in [0.15, 0.2) is 0 Å². The fourth-order valence-corrected chi connectivity index (χ4v) is 4.33. The number of nitrogens with one attached hydrogen (secondary N) is 1. The van der Waals surface area contributed by atoms with Crippen molar-refractivity contribution < 1.29 is 0 Å². The summed E-state index contributed by atoms with van der Waals surface area (Å²) < 4.78 is 0. The van der Waals surface area contributed by atoms with E-state index < -0.39 is 0 Å². The summed E-state index contributed by atoms with van der Waals surface area (Å²) in [5, 5.41) is 3.44. The second-order valence-corrected chi connectivity index (χ2v) is 7.76. The minimum absolute atomic E-state index is 0.738. The molecule has 1 N–H and O–H groups in total. The molecule has 20 heavy (non-hydrogen) atoms. The molecule has 0 aromatic carbocycles. The summed E-state index contributed by atoms with van der Waals surface area (Å²) in [6.07, 6.45) is 12.8. The molecule has 2 rings (SSSR count). The van der Waals surface area contributed by atoms with Gasteiger partial charge in [-0.2, -0.15) is 0 Å². The minimum atomic E-state index is 0.738. The molecule has 1 spiro atoms. The van der Waals surface area contributed by atoms with Crippen molar-refractivity contribution in [1.29, 1.82) is 0 Å². The van der Waals surface area contributed by atoms with Gasteiger partial charge in [0.05, 0.1) is 0 Å². The summed E-state index contributed by atoms with van der Waals surface area (Å²) in [6.45, 7) is 6.01. The summed E-state index contributed by atoms with van der Waals surface area (Å²) >= 11 is 0. The maximum absolute atomic E-state index is 3.44. The smallest absolute Gasteiger partial charge is 0.00926 e. The Bertz CT molecular complexity index is 273. The van der Waals surface area contributed by atoms with Crippen LogP contribution in [0.15, 0.2) is 0 Å². The van der Waals surface area contributed by atoms with Gasteiger partial charge < -0.3 is 10.2 Å². The third kappa shape index (κ3) is 3.98. The molecule has 1 atom stereocenters. The molecule has 0 amide bonds. The van der Waals surface area contributed by atoms with Crippen molar-refractivity contribution in [3.63, 3.8) is 0 Å². The van der Waals surface area contributed by atoms with Gasteiger partial charge in [-0.1, -0.05) is 20.3 Å². The highest BCUT2D eigenvalue weighted by Gasteiger charge is 2.45. The van der Waals surface area contributed by atoms with Crippen LogP contribution in [0.1, 0.15) is 71.6 Å². The van der Waals surface area contributed by atoms with Crippen LogP contribution in [-0.2, 0) is 0 Å². The summed E-state index contributed by atoms with van der Waals surface area (Å²) in [5.74, 6) is 0.909. The first-order valence-electron chi connectivity index (χ1n) is 8.96. The summed E-state index contributed by atoms with van der Waals surface area (Å²) in [7, 11) is 4.48. The summed E-state index contributed by atoms with van der Waals surface area (Å²) in [6, 6.07) is 1.69. The molecule has 2 nitrogen and oxygen atoms in total. The SMILES string of the molecule is CCC(C)CCCN(C)C1CCC2(CC1)CC(NC)C2. The van der Waals surface area contributed by atoms with E-state index in [0.717, 1.165) is 23.4 Å². The van der Waals surface area contributed by atoms with E-state index in [1.165, 1.54) is 64.3 Å². The first-order valence-corrected chi connectivity index (χ1v) is 8.96. The maximum atomic E-state index is 3.44. The average Bonchev–Trinajstić information content (AvgIpc) is 2.44. The van der Waals surface area contributed by atoms with E-state index in [4.69, 9.17) is 0 Å².